The fraction of sp³-hybridized carbons (Fsp3) is 0.275. The number of esters is 2. The summed E-state index contributed by atoms with van der Waals surface area (Å²) in [5.74, 6) is 0.621. The second-order valence-electron chi connectivity index (χ2n) is 14.0. The molecule has 0 saturated carbocycles. The van der Waals surface area contributed by atoms with Crippen molar-refractivity contribution in [2.45, 2.75) is 42.2 Å². The van der Waals surface area contributed by atoms with Gasteiger partial charge < -0.3 is 36.2 Å². The summed E-state index contributed by atoms with van der Waals surface area (Å²) in [6.07, 6.45) is -0.701. The molecule has 1 unspecified atom stereocenters. The molecule has 3 aliphatic rings. The van der Waals surface area contributed by atoms with Crippen molar-refractivity contribution < 1.29 is 47.8 Å². The number of amides is 7. The largest absolute Gasteiger partial charge is 0.448 e. The Morgan fingerprint density at radius 3 is 2.21 bits per heavy atom. The first-order valence-corrected chi connectivity index (χ1v) is 21.3. The van der Waals surface area contributed by atoms with Gasteiger partial charge in [0.2, 0.25) is 23.1 Å². The third-order valence-corrected chi connectivity index (χ3v) is 12.6. The van der Waals surface area contributed by atoms with E-state index in [1.165, 1.54) is 36.1 Å². The number of imide groups is 1. The van der Waals surface area contributed by atoms with Gasteiger partial charge in [-0.2, -0.15) is 0 Å². The number of nitrogens with zero attached hydrogens (tertiary/aromatic N) is 7. The molecule has 1 aromatic heterocycles. The lowest BCUT2D eigenvalue weighted by Crippen LogP contribution is -2.85. The number of likely N-dealkylation sites (N-methyl/N-ethyl adjacent to an activating group) is 1. The number of aromatic nitrogens is 4. The molecule has 0 radical (unpaired) electrons. The average molecular weight is 898 g/mol. The average Bonchev–Trinajstić information content (AvgIpc) is 3.71. The van der Waals surface area contributed by atoms with E-state index in [1.54, 1.807) is 55.5 Å². The summed E-state index contributed by atoms with van der Waals surface area (Å²) in [7, 11) is 0. The molecule has 326 valence electrons. The molecule has 0 spiro atoms. The topological polar surface area (TPSA) is 270 Å². The predicted molar refractivity (Wildman–Crippen MR) is 223 cm³/mol. The minimum atomic E-state index is -2.19. The molecule has 2 saturated heterocycles. The van der Waals surface area contributed by atoms with E-state index in [-0.39, 0.29) is 59.7 Å². The van der Waals surface area contributed by atoms with E-state index >= 15 is 0 Å². The lowest BCUT2D eigenvalue weighted by molar-refractivity contribution is -0.164. The second-order valence-corrected chi connectivity index (χ2v) is 16.0. The van der Waals surface area contributed by atoms with Crippen molar-refractivity contribution in [2.75, 3.05) is 37.0 Å². The van der Waals surface area contributed by atoms with E-state index in [1.807, 2.05) is 12.1 Å². The number of ether oxygens (including phenoxy) is 2. The fourth-order valence-corrected chi connectivity index (χ4v) is 9.47. The van der Waals surface area contributed by atoms with Crippen LogP contribution in [0.1, 0.15) is 42.7 Å². The molecule has 4 heterocycles. The standard InChI is InChI=1S/C40H39N11O10S2/c1-3-48-18-19-49(34(56)33(48)55)38(59)43-29(24-14-16-28(17-15-24)60-23(2)53)32(54)44-40(42-22-52)36(58)50-30(27(20-62-37(40)50)21-63-39-45-46-47-51(39)41)35(57)61-31(25-10-6-4-7-11-25)26-12-8-5-9-13-26/h4-17,22,29,31,37H,3,18-21,41H2,1-2H3,(H,42,52)(H,43,59)(H,44,54)/t29?,37-,40+/m0/s1. The summed E-state index contributed by atoms with van der Waals surface area (Å²) in [4.78, 5) is 111. The molecule has 3 aromatic carbocycles. The number of rotatable bonds is 15. The Bertz CT molecular complexity index is 2430. The van der Waals surface area contributed by atoms with Crippen molar-refractivity contribution in [3.63, 3.8) is 0 Å². The van der Waals surface area contributed by atoms with Crippen molar-refractivity contribution in [2.24, 2.45) is 0 Å². The lowest BCUT2D eigenvalue weighted by atomic mass is 9.94. The minimum absolute atomic E-state index is 0.0531. The van der Waals surface area contributed by atoms with Gasteiger partial charge in [0.1, 0.15) is 22.9 Å². The first kappa shape index (κ1) is 43.8. The van der Waals surface area contributed by atoms with Crippen LogP contribution >= 0.6 is 23.5 Å². The fourth-order valence-electron chi connectivity index (χ4n) is 7.11. The highest BCUT2D eigenvalue weighted by Gasteiger charge is 2.66. The zero-order valence-electron chi connectivity index (χ0n) is 33.5. The number of hydrogen-bond donors (Lipinski definition) is 4. The van der Waals surface area contributed by atoms with Gasteiger partial charge in [-0.05, 0) is 51.7 Å². The number of tetrazole rings is 1. The van der Waals surface area contributed by atoms with Crippen LogP contribution in [0.2, 0.25) is 0 Å². The third kappa shape index (κ3) is 8.90. The Morgan fingerprint density at radius 1 is 0.952 bits per heavy atom. The van der Waals surface area contributed by atoms with Crippen molar-refractivity contribution in [1.29, 1.82) is 0 Å². The second kappa shape index (κ2) is 18.8. The zero-order chi connectivity index (χ0) is 44.8. The highest BCUT2D eigenvalue weighted by atomic mass is 32.2. The van der Waals surface area contributed by atoms with E-state index in [2.05, 4.69) is 31.5 Å². The first-order chi connectivity index (χ1) is 30.4. The summed E-state index contributed by atoms with van der Waals surface area (Å²) >= 11 is 2.20. The van der Waals surface area contributed by atoms with Crippen LogP contribution in [0, 0.1) is 0 Å². The summed E-state index contributed by atoms with van der Waals surface area (Å²) < 4.78 is 11.3. The molecule has 2 fully saturated rings. The number of β-lactam (4-membered cyclic amide) rings is 1. The number of benzene rings is 3. The van der Waals surface area contributed by atoms with Crippen molar-refractivity contribution >= 4 is 71.5 Å². The molecule has 5 N–H and O–H groups in total. The molecule has 7 rings (SSSR count). The Labute approximate surface area is 367 Å². The van der Waals surface area contributed by atoms with Crippen molar-refractivity contribution in [1.82, 2.24) is 51.0 Å². The predicted octanol–water partition coefficient (Wildman–Crippen LogP) is 0.606. The smallest absolute Gasteiger partial charge is 0.356 e. The number of urea groups is 1. The van der Waals surface area contributed by atoms with Crippen LogP contribution in [-0.2, 0) is 38.3 Å². The van der Waals surface area contributed by atoms with Crippen LogP contribution in [0.15, 0.2) is 101 Å². The number of nitrogens with one attached hydrogen (secondary N) is 3. The van der Waals surface area contributed by atoms with Crippen LogP contribution < -0.4 is 26.5 Å². The van der Waals surface area contributed by atoms with E-state index in [4.69, 9.17) is 15.3 Å². The van der Waals surface area contributed by atoms with Crippen LogP contribution in [0.3, 0.4) is 0 Å². The molecular weight excluding hydrogens is 859 g/mol. The number of carbonyl (C=O) groups excluding carboxylic acids is 8. The van der Waals surface area contributed by atoms with E-state index < -0.39 is 64.8 Å². The number of thioether (sulfide) groups is 2. The summed E-state index contributed by atoms with van der Waals surface area (Å²) in [6.45, 7) is 2.99. The van der Waals surface area contributed by atoms with Crippen LogP contribution in [0.5, 0.6) is 5.75 Å². The van der Waals surface area contributed by atoms with Gasteiger partial charge in [-0.1, -0.05) is 89.7 Å². The molecule has 4 aromatic rings. The molecule has 0 aliphatic carbocycles. The van der Waals surface area contributed by atoms with Gasteiger partial charge in [0.05, 0.1) is 0 Å². The summed E-state index contributed by atoms with van der Waals surface area (Å²) in [6, 6.07) is 20.6. The van der Waals surface area contributed by atoms with Gasteiger partial charge in [0, 0.05) is 38.1 Å². The van der Waals surface area contributed by atoms with Crippen LogP contribution in [0.25, 0.3) is 0 Å². The first-order valence-electron chi connectivity index (χ1n) is 19.2. The zero-order valence-corrected chi connectivity index (χ0v) is 35.2. The maximum Gasteiger partial charge on any atom is 0.356 e. The van der Waals surface area contributed by atoms with Gasteiger partial charge in [0.25, 0.3) is 5.91 Å². The van der Waals surface area contributed by atoms with Gasteiger partial charge >= 0.3 is 29.8 Å². The normalized spacial score (nSPS) is 18.9. The number of nitrogens with two attached hydrogens (primary N) is 1. The Kier molecular flexibility index (Phi) is 13.1. The molecule has 3 aliphatic heterocycles. The Balaban J connectivity index is 1.21. The maximum absolute atomic E-state index is 14.7. The van der Waals surface area contributed by atoms with Gasteiger partial charge in [0.15, 0.2) is 6.10 Å². The van der Waals surface area contributed by atoms with E-state index in [9.17, 15) is 38.4 Å². The van der Waals surface area contributed by atoms with Gasteiger partial charge in [-0.25, -0.2) is 9.59 Å². The quantitative estimate of drug-likeness (QED) is 0.0186. The minimum Gasteiger partial charge on any atom is -0.448 e. The number of fused-ring (bicyclic) bond motifs is 1. The molecule has 21 nitrogen and oxygen atoms in total. The number of piperazine rings is 1. The Morgan fingerprint density at radius 2 is 1.62 bits per heavy atom. The molecular formula is C40H39N11O10S2. The SMILES string of the molecule is CCN1CCN(C(=O)NC(C(=O)N[C@]2(NC=O)C(=O)N3C(C(=O)OC(c4ccccc4)c4ccccc4)=C(CSc4nnnn4N)CS[C@H]32)c2ccc(OC(C)=O)cc2)C(=O)C1=O. The Hall–Kier alpha value is -7.27. The number of hydrogen-bond acceptors (Lipinski definition) is 16. The third-order valence-electron chi connectivity index (χ3n) is 10.2. The monoisotopic (exact) mass is 897 g/mol. The van der Waals surface area contributed by atoms with E-state index in [0.717, 1.165) is 33.2 Å². The number of carbonyl (C=O) groups is 8. The van der Waals surface area contributed by atoms with Crippen molar-refractivity contribution in [3.05, 3.63) is 113 Å². The van der Waals surface area contributed by atoms with Gasteiger partial charge in [-0.15, -0.1) is 16.6 Å². The summed E-state index contributed by atoms with van der Waals surface area (Å²) in [5.41, 5.74) is -0.529. The highest BCUT2D eigenvalue weighted by Crippen LogP contribution is 2.47. The molecule has 23 heteroatoms. The lowest BCUT2D eigenvalue weighted by Gasteiger charge is -2.56. The molecule has 0 bridgehead atoms. The summed E-state index contributed by atoms with van der Waals surface area (Å²) in [5, 5.41) is 17.7. The van der Waals surface area contributed by atoms with Crippen LogP contribution in [0.4, 0.5) is 4.79 Å². The number of nitrogen functional groups attached to an aromatic ring is 1. The highest BCUT2D eigenvalue weighted by molar-refractivity contribution is 8.01. The molecule has 63 heavy (non-hydrogen) atoms. The van der Waals surface area contributed by atoms with Gasteiger partial charge in [-0.3, -0.25) is 38.6 Å². The van der Waals surface area contributed by atoms with E-state index in [0.29, 0.717) is 21.6 Å². The van der Waals surface area contributed by atoms with Crippen LogP contribution in [-0.4, -0.2) is 125 Å². The van der Waals surface area contributed by atoms with Crippen molar-refractivity contribution in [3.8, 4) is 5.75 Å². The molecule has 7 amide bonds. The maximum atomic E-state index is 14.7. The molecule has 3 atom stereocenters.